The van der Waals surface area contributed by atoms with E-state index >= 15 is 0 Å². The van der Waals surface area contributed by atoms with Crippen LogP contribution in [0.1, 0.15) is 42.1 Å². The Balaban J connectivity index is 2.15. The second-order valence-electron chi connectivity index (χ2n) is 6.53. The number of aromatic hydroxyl groups is 1. The lowest BCUT2D eigenvalue weighted by molar-refractivity contribution is -0.131. The maximum absolute atomic E-state index is 13.1. The predicted molar refractivity (Wildman–Crippen MR) is 105 cm³/mol. The zero-order chi connectivity index (χ0) is 20.5. The molecule has 0 atom stereocenters. The molecule has 1 aromatic heterocycles. The van der Waals surface area contributed by atoms with E-state index in [1.807, 2.05) is 0 Å². The minimum Gasteiger partial charge on any atom is -0.493 e. The molecular formula is C18H20ClN3O5S. The van der Waals surface area contributed by atoms with Crippen molar-refractivity contribution in [3.8, 4) is 11.6 Å². The highest BCUT2D eigenvalue weighted by molar-refractivity contribution is 7.93. The predicted octanol–water partition coefficient (Wildman–Crippen LogP) is 3.22. The first-order valence-electron chi connectivity index (χ1n) is 8.71. The van der Waals surface area contributed by atoms with Gasteiger partial charge in [-0.05, 0) is 25.0 Å². The standard InChI is InChI=1S/C18H20ClN3O5S/c1-11(23)27-14-7-6-12(17(24)13-10-20-22(2)18(13)25)15(19)16(14)21-28(26)8-4-3-5-9-28/h6-7,10,25H,3-5,8-9H2,1-2H3. The topological polar surface area (TPSA) is 111 Å². The number of hydrogen-bond acceptors (Lipinski definition) is 7. The van der Waals surface area contributed by atoms with Crippen LogP contribution >= 0.6 is 11.6 Å². The van der Waals surface area contributed by atoms with E-state index in [1.54, 1.807) is 0 Å². The van der Waals surface area contributed by atoms with Gasteiger partial charge in [-0.3, -0.25) is 9.59 Å². The van der Waals surface area contributed by atoms with Crippen LogP contribution in [0.5, 0.6) is 11.6 Å². The third-order valence-corrected chi connectivity index (χ3v) is 7.16. The van der Waals surface area contributed by atoms with Crippen LogP contribution in [0.4, 0.5) is 5.69 Å². The lowest BCUT2D eigenvalue weighted by Gasteiger charge is -2.17. The molecule has 0 aliphatic carbocycles. The van der Waals surface area contributed by atoms with E-state index in [4.69, 9.17) is 16.3 Å². The van der Waals surface area contributed by atoms with E-state index in [9.17, 15) is 18.9 Å². The van der Waals surface area contributed by atoms with E-state index in [0.29, 0.717) is 11.5 Å². The Bertz CT molecular complexity index is 1060. The van der Waals surface area contributed by atoms with Gasteiger partial charge in [-0.25, -0.2) is 8.89 Å². The number of carbonyl (C=O) groups excluding carboxylic acids is 2. The monoisotopic (exact) mass is 425 g/mol. The fourth-order valence-electron chi connectivity index (χ4n) is 2.97. The molecule has 1 aliphatic rings. The average Bonchev–Trinajstić information content (AvgIpc) is 2.97. The van der Waals surface area contributed by atoms with Crippen LogP contribution in [-0.4, -0.2) is 42.4 Å². The summed E-state index contributed by atoms with van der Waals surface area (Å²) in [7, 11) is -1.07. The number of benzene rings is 1. The number of hydrogen-bond donors (Lipinski definition) is 1. The molecule has 0 amide bonds. The zero-order valence-electron chi connectivity index (χ0n) is 15.5. The van der Waals surface area contributed by atoms with Crippen molar-refractivity contribution in [2.24, 2.45) is 11.4 Å². The molecule has 8 nitrogen and oxygen atoms in total. The molecule has 0 saturated carbocycles. The van der Waals surface area contributed by atoms with Gasteiger partial charge in [-0.2, -0.15) is 9.46 Å². The molecule has 1 aliphatic heterocycles. The molecule has 1 saturated heterocycles. The molecule has 1 aromatic carbocycles. The maximum Gasteiger partial charge on any atom is 0.308 e. The summed E-state index contributed by atoms with van der Waals surface area (Å²) >= 11 is 6.44. The molecule has 2 aromatic rings. The van der Waals surface area contributed by atoms with Crippen LogP contribution in [0.2, 0.25) is 5.02 Å². The lowest BCUT2D eigenvalue weighted by Crippen LogP contribution is -2.16. The van der Waals surface area contributed by atoms with Gasteiger partial charge in [0.25, 0.3) is 0 Å². The van der Waals surface area contributed by atoms with Crippen LogP contribution in [-0.2, 0) is 21.6 Å². The van der Waals surface area contributed by atoms with Crippen molar-refractivity contribution in [1.82, 2.24) is 9.78 Å². The highest BCUT2D eigenvalue weighted by atomic mass is 35.5. The summed E-state index contributed by atoms with van der Waals surface area (Å²) in [5.74, 6) is -0.580. The third kappa shape index (κ3) is 4.05. The van der Waals surface area contributed by atoms with Gasteiger partial charge in [-0.1, -0.05) is 18.0 Å². The third-order valence-electron chi connectivity index (χ3n) is 4.41. The Hall–Kier alpha value is -2.39. The van der Waals surface area contributed by atoms with Crippen LogP contribution in [0, 0.1) is 0 Å². The van der Waals surface area contributed by atoms with E-state index in [2.05, 4.69) is 9.46 Å². The van der Waals surface area contributed by atoms with Crippen molar-refractivity contribution in [2.75, 3.05) is 11.5 Å². The van der Waals surface area contributed by atoms with Crippen LogP contribution in [0.25, 0.3) is 0 Å². The first-order valence-corrected chi connectivity index (χ1v) is 10.9. The Labute approximate surface area is 167 Å². The Kier molecular flexibility index (Phi) is 5.76. The summed E-state index contributed by atoms with van der Waals surface area (Å²) < 4.78 is 23.7. The number of esters is 1. The molecule has 0 spiro atoms. The molecule has 2 heterocycles. The summed E-state index contributed by atoms with van der Waals surface area (Å²) in [5, 5.41) is 13.8. The highest BCUT2D eigenvalue weighted by Crippen LogP contribution is 2.40. The van der Waals surface area contributed by atoms with Gasteiger partial charge >= 0.3 is 5.97 Å². The fraction of sp³-hybridized carbons (Fsp3) is 0.389. The molecule has 1 fully saturated rings. The molecule has 1 N–H and O–H groups in total. The van der Waals surface area contributed by atoms with Gasteiger partial charge in [0, 0.05) is 31.0 Å². The average molecular weight is 426 g/mol. The van der Waals surface area contributed by atoms with Gasteiger partial charge in [0.2, 0.25) is 11.7 Å². The first kappa shape index (κ1) is 20.3. The van der Waals surface area contributed by atoms with Crippen molar-refractivity contribution < 1.29 is 23.6 Å². The van der Waals surface area contributed by atoms with Crippen molar-refractivity contribution >= 4 is 38.8 Å². The number of ketones is 1. The number of nitrogens with zero attached hydrogens (tertiary/aromatic N) is 3. The zero-order valence-corrected chi connectivity index (χ0v) is 17.0. The van der Waals surface area contributed by atoms with Gasteiger partial charge in [0.05, 0.1) is 20.9 Å². The van der Waals surface area contributed by atoms with Crippen molar-refractivity contribution in [3.05, 3.63) is 34.5 Å². The number of aromatic nitrogens is 2. The second kappa shape index (κ2) is 7.92. The molecule has 0 unspecified atom stereocenters. The summed E-state index contributed by atoms with van der Waals surface area (Å²) in [6, 6.07) is 2.76. The minimum absolute atomic E-state index is 0.0120. The smallest absolute Gasteiger partial charge is 0.308 e. The lowest BCUT2D eigenvalue weighted by atomic mass is 10.0. The number of ether oxygens (including phenoxy) is 1. The SMILES string of the molecule is CC(=O)Oc1ccc(C(=O)c2cnn(C)c2O)c(Cl)c1N=S1(=O)CCCCC1. The molecule has 10 heteroatoms. The molecule has 150 valence electrons. The normalized spacial score (nSPS) is 15.8. The van der Waals surface area contributed by atoms with Crippen molar-refractivity contribution in [3.63, 3.8) is 0 Å². The van der Waals surface area contributed by atoms with Gasteiger partial charge in [-0.15, -0.1) is 0 Å². The quantitative estimate of drug-likeness (QED) is 0.457. The van der Waals surface area contributed by atoms with Crippen LogP contribution in [0.15, 0.2) is 22.7 Å². The number of aryl methyl sites for hydroxylation is 1. The number of carbonyl (C=O) groups is 2. The Morgan fingerprint density at radius 1 is 1.25 bits per heavy atom. The maximum atomic E-state index is 13.1. The number of halogens is 1. The van der Waals surface area contributed by atoms with Crippen molar-refractivity contribution in [2.45, 2.75) is 26.2 Å². The summed E-state index contributed by atoms with van der Waals surface area (Å²) in [5.41, 5.74) is 0.0221. The first-order chi connectivity index (χ1) is 13.2. The van der Waals surface area contributed by atoms with E-state index in [1.165, 1.54) is 32.3 Å². The molecule has 0 bridgehead atoms. The Morgan fingerprint density at radius 3 is 2.50 bits per heavy atom. The van der Waals surface area contributed by atoms with Gasteiger partial charge in [0.15, 0.2) is 5.75 Å². The Morgan fingerprint density at radius 2 is 1.93 bits per heavy atom. The highest BCUT2D eigenvalue weighted by Gasteiger charge is 2.25. The molecular weight excluding hydrogens is 406 g/mol. The second-order valence-corrected chi connectivity index (χ2v) is 9.46. The van der Waals surface area contributed by atoms with Crippen LogP contribution in [0.3, 0.4) is 0 Å². The summed E-state index contributed by atoms with van der Waals surface area (Å²) in [4.78, 5) is 24.3. The van der Waals surface area contributed by atoms with Gasteiger partial charge in [0.1, 0.15) is 11.3 Å². The van der Waals surface area contributed by atoms with E-state index < -0.39 is 21.5 Å². The number of rotatable bonds is 4. The summed E-state index contributed by atoms with van der Waals surface area (Å²) in [6.45, 7) is 1.23. The van der Waals surface area contributed by atoms with Gasteiger partial charge < -0.3 is 9.84 Å². The summed E-state index contributed by atoms with van der Waals surface area (Å²) in [6.07, 6.45) is 3.78. The fourth-order valence-corrected chi connectivity index (χ4v) is 5.52. The van der Waals surface area contributed by atoms with E-state index in [0.717, 1.165) is 23.9 Å². The molecule has 0 radical (unpaired) electrons. The molecule has 3 rings (SSSR count). The largest absolute Gasteiger partial charge is 0.493 e. The minimum atomic E-state index is -2.56. The van der Waals surface area contributed by atoms with E-state index in [-0.39, 0.29) is 33.5 Å². The molecule has 28 heavy (non-hydrogen) atoms. The van der Waals surface area contributed by atoms with Crippen LogP contribution < -0.4 is 4.74 Å². The van der Waals surface area contributed by atoms with Crippen molar-refractivity contribution in [1.29, 1.82) is 0 Å².